The predicted octanol–water partition coefficient (Wildman–Crippen LogP) is 4.04. The Hall–Kier alpha value is -4.10. The molecule has 0 amide bonds. The number of methoxy groups -OCH3 is 2. The first kappa shape index (κ1) is 22.4. The van der Waals surface area contributed by atoms with Crippen molar-refractivity contribution in [2.24, 2.45) is 4.99 Å². The van der Waals surface area contributed by atoms with Crippen LogP contribution in [0.1, 0.15) is 34.7 Å². The summed E-state index contributed by atoms with van der Waals surface area (Å²) in [7, 11) is 2.96. The molecule has 3 aromatic carbocycles. The van der Waals surface area contributed by atoms with E-state index in [1.807, 2.05) is 28.8 Å². The smallest absolute Gasteiger partial charge is 0.271 e. The summed E-state index contributed by atoms with van der Waals surface area (Å²) in [5, 5.41) is 10.3. The molecule has 180 valence electrons. The first-order valence-corrected chi connectivity index (χ1v) is 12.5. The lowest BCUT2D eigenvalue weighted by Gasteiger charge is -2.30. The molecule has 0 unspecified atom stereocenters. The molecule has 0 bridgehead atoms. The van der Waals surface area contributed by atoms with Crippen LogP contribution in [0.25, 0.3) is 11.8 Å². The number of aromatic hydroxyl groups is 1. The topological polar surface area (TPSA) is 73.1 Å². The van der Waals surface area contributed by atoms with E-state index in [-0.39, 0.29) is 28.8 Å². The van der Waals surface area contributed by atoms with E-state index in [9.17, 15) is 9.90 Å². The minimum Gasteiger partial charge on any atom is -0.502 e. The maximum atomic E-state index is 13.8. The van der Waals surface area contributed by atoms with Crippen molar-refractivity contribution >= 4 is 23.1 Å². The normalized spacial score (nSPS) is 16.6. The number of hydrogen-bond donors (Lipinski definition) is 1. The zero-order chi connectivity index (χ0) is 24.8. The molecule has 0 saturated carbocycles. The second-order valence-corrected chi connectivity index (χ2v) is 9.81. The van der Waals surface area contributed by atoms with E-state index in [1.165, 1.54) is 36.7 Å². The van der Waals surface area contributed by atoms with Gasteiger partial charge in [0.1, 0.15) is 0 Å². The van der Waals surface area contributed by atoms with Crippen LogP contribution < -0.4 is 24.4 Å². The summed E-state index contributed by atoms with van der Waals surface area (Å²) in [6.07, 6.45) is 3.57. The van der Waals surface area contributed by atoms with E-state index < -0.39 is 0 Å². The number of phenolic OH excluding ortho intramolecular Hbond substituents is 1. The van der Waals surface area contributed by atoms with Gasteiger partial charge in [-0.1, -0.05) is 65.9 Å². The van der Waals surface area contributed by atoms with E-state index in [1.54, 1.807) is 18.2 Å². The maximum absolute atomic E-state index is 13.8. The van der Waals surface area contributed by atoms with Gasteiger partial charge in [-0.15, -0.1) is 0 Å². The van der Waals surface area contributed by atoms with Gasteiger partial charge in [0.25, 0.3) is 5.56 Å². The van der Waals surface area contributed by atoms with Gasteiger partial charge >= 0.3 is 0 Å². The fourth-order valence-electron chi connectivity index (χ4n) is 5.11. The SMILES string of the molecule is COc1cc(C=c2sc3n(c2=O)[C@@H](c2ccccc2)C2=C(N=3)c3ccccc3CC2)cc(OC)c1O. The monoisotopic (exact) mass is 496 g/mol. The number of rotatable bonds is 4. The number of allylic oxidation sites excluding steroid dienone is 1. The Labute approximate surface area is 211 Å². The second-order valence-electron chi connectivity index (χ2n) is 8.80. The van der Waals surface area contributed by atoms with Gasteiger partial charge in [-0.2, -0.15) is 0 Å². The Morgan fingerprint density at radius 2 is 1.69 bits per heavy atom. The third-order valence-electron chi connectivity index (χ3n) is 6.79. The summed E-state index contributed by atoms with van der Waals surface area (Å²) in [4.78, 5) is 19.6. The summed E-state index contributed by atoms with van der Waals surface area (Å²) in [6.45, 7) is 0. The van der Waals surface area contributed by atoms with Gasteiger partial charge in [0.15, 0.2) is 16.3 Å². The molecule has 1 aliphatic heterocycles. The summed E-state index contributed by atoms with van der Waals surface area (Å²) < 4.78 is 13.0. The van der Waals surface area contributed by atoms with Gasteiger partial charge in [0, 0.05) is 5.56 Å². The molecule has 7 heteroatoms. The third-order valence-corrected chi connectivity index (χ3v) is 7.77. The van der Waals surface area contributed by atoms with Crippen LogP contribution in [0.5, 0.6) is 17.2 Å². The van der Waals surface area contributed by atoms with Crippen molar-refractivity contribution in [3.05, 3.63) is 114 Å². The molecule has 0 saturated heterocycles. The molecule has 2 aliphatic rings. The van der Waals surface area contributed by atoms with E-state index in [0.717, 1.165) is 29.7 Å². The molecule has 0 fully saturated rings. The van der Waals surface area contributed by atoms with Crippen LogP contribution in [0.2, 0.25) is 0 Å². The number of thiazole rings is 1. The first-order valence-electron chi connectivity index (χ1n) is 11.7. The van der Waals surface area contributed by atoms with Crippen LogP contribution in [0.3, 0.4) is 0 Å². The van der Waals surface area contributed by atoms with Crippen LogP contribution >= 0.6 is 11.3 Å². The van der Waals surface area contributed by atoms with Crippen LogP contribution in [0, 0.1) is 0 Å². The Balaban J connectivity index is 1.60. The lowest BCUT2D eigenvalue weighted by atomic mass is 9.83. The van der Waals surface area contributed by atoms with E-state index in [4.69, 9.17) is 14.5 Å². The molecule has 6 rings (SSSR count). The van der Waals surface area contributed by atoms with Crippen LogP contribution in [0.15, 0.2) is 82.1 Å². The molecule has 1 atom stereocenters. The molecule has 6 nitrogen and oxygen atoms in total. The van der Waals surface area contributed by atoms with Crippen molar-refractivity contribution in [3.63, 3.8) is 0 Å². The molecular weight excluding hydrogens is 472 g/mol. The minimum atomic E-state index is -0.211. The lowest BCUT2D eigenvalue weighted by molar-refractivity contribution is 0.340. The highest BCUT2D eigenvalue weighted by Gasteiger charge is 2.32. The van der Waals surface area contributed by atoms with Crippen molar-refractivity contribution in [2.45, 2.75) is 18.9 Å². The van der Waals surface area contributed by atoms with Crippen LogP contribution in [-0.2, 0) is 6.42 Å². The van der Waals surface area contributed by atoms with E-state index in [0.29, 0.717) is 14.9 Å². The van der Waals surface area contributed by atoms with Gasteiger partial charge in [-0.3, -0.25) is 9.36 Å². The van der Waals surface area contributed by atoms with Crippen molar-refractivity contribution in [2.75, 3.05) is 14.2 Å². The lowest BCUT2D eigenvalue weighted by Crippen LogP contribution is -2.38. The number of benzene rings is 3. The van der Waals surface area contributed by atoms with E-state index in [2.05, 4.69) is 30.3 Å². The Morgan fingerprint density at radius 1 is 1.00 bits per heavy atom. The minimum absolute atomic E-state index is 0.0750. The average Bonchev–Trinajstić information content (AvgIpc) is 3.22. The van der Waals surface area contributed by atoms with Gasteiger partial charge in [0.2, 0.25) is 5.75 Å². The van der Waals surface area contributed by atoms with E-state index >= 15 is 0 Å². The van der Waals surface area contributed by atoms with Gasteiger partial charge in [-0.25, -0.2) is 4.99 Å². The number of phenols is 1. The number of nitrogens with zero attached hydrogens (tertiary/aromatic N) is 2. The quantitative estimate of drug-likeness (QED) is 0.463. The number of fused-ring (bicyclic) bond motifs is 3. The average molecular weight is 497 g/mol. The largest absolute Gasteiger partial charge is 0.502 e. The molecule has 0 radical (unpaired) electrons. The molecule has 0 spiro atoms. The number of aromatic nitrogens is 1. The zero-order valence-corrected chi connectivity index (χ0v) is 20.7. The predicted molar refractivity (Wildman–Crippen MR) is 140 cm³/mol. The molecular formula is C29H24N2O4S. The fraction of sp³-hybridized carbons (Fsp3) is 0.172. The molecule has 2 heterocycles. The zero-order valence-electron chi connectivity index (χ0n) is 19.9. The molecule has 36 heavy (non-hydrogen) atoms. The second kappa shape index (κ2) is 8.84. The van der Waals surface area contributed by atoms with Crippen LogP contribution in [-0.4, -0.2) is 23.9 Å². The van der Waals surface area contributed by atoms with Gasteiger partial charge in [-0.05, 0) is 53.3 Å². The molecule has 4 aromatic rings. The third kappa shape index (κ3) is 3.55. The summed E-state index contributed by atoms with van der Waals surface area (Å²) in [6, 6.07) is 21.7. The van der Waals surface area contributed by atoms with Crippen molar-refractivity contribution < 1.29 is 14.6 Å². The maximum Gasteiger partial charge on any atom is 0.271 e. The number of hydrogen-bond acceptors (Lipinski definition) is 6. The van der Waals surface area contributed by atoms with Crippen LogP contribution in [0.4, 0.5) is 0 Å². The Kier molecular flexibility index (Phi) is 5.49. The van der Waals surface area contributed by atoms with Crippen molar-refractivity contribution in [3.8, 4) is 17.2 Å². The Morgan fingerprint density at radius 3 is 2.42 bits per heavy atom. The van der Waals surface area contributed by atoms with Gasteiger partial charge in [0.05, 0.1) is 30.5 Å². The van der Waals surface area contributed by atoms with Crippen molar-refractivity contribution in [1.82, 2.24) is 4.57 Å². The highest BCUT2D eigenvalue weighted by Crippen LogP contribution is 2.41. The van der Waals surface area contributed by atoms with Gasteiger partial charge < -0.3 is 14.6 Å². The first-order chi connectivity index (χ1) is 17.6. The summed E-state index contributed by atoms with van der Waals surface area (Å²) >= 11 is 1.37. The molecule has 1 aliphatic carbocycles. The highest BCUT2D eigenvalue weighted by atomic mass is 32.1. The Bertz CT molecular complexity index is 1670. The standard InChI is InChI=1S/C29H24N2O4S/c1-34-22-14-17(15-23(35-2)27(22)32)16-24-28(33)31-26(19-9-4-3-5-10-19)21-13-12-18-8-6-7-11-20(18)25(21)30-29(31)36-24/h3-11,14-16,26,32H,12-13H2,1-2H3/t26-/m0/s1. The fourth-order valence-corrected chi connectivity index (χ4v) is 6.11. The molecule has 1 N–H and O–H groups in total. The number of aryl methyl sites for hydroxylation is 1. The number of ether oxygens (including phenoxy) is 2. The molecule has 1 aromatic heterocycles. The van der Waals surface area contributed by atoms with Crippen molar-refractivity contribution in [1.29, 1.82) is 0 Å². The summed E-state index contributed by atoms with van der Waals surface area (Å²) in [5.41, 5.74) is 6.25. The highest BCUT2D eigenvalue weighted by molar-refractivity contribution is 7.07. The summed E-state index contributed by atoms with van der Waals surface area (Å²) in [5.74, 6) is 0.485.